The Morgan fingerprint density at radius 1 is 1.00 bits per heavy atom. The highest BCUT2D eigenvalue weighted by atomic mass is 32.1. The molecule has 0 radical (unpaired) electrons. The summed E-state index contributed by atoms with van der Waals surface area (Å²) >= 11 is 1.12. The summed E-state index contributed by atoms with van der Waals surface area (Å²) < 4.78 is 26.6. The minimum atomic E-state index is -0.506. The molecule has 1 aromatic heterocycles. The number of amides is 1. The molecule has 162 valence electrons. The summed E-state index contributed by atoms with van der Waals surface area (Å²) in [7, 11) is 0. The van der Waals surface area contributed by atoms with Crippen LogP contribution in [0.4, 0.5) is 4.39 Å². The van der Waals surface area contributed by atoms with Crippen molar-refractivity contribution in [2.75, 3.05) is 6.61 Å². The monoisotopic (exact) mass is 450 g/mol. The van der Waals surface area contributed by atoms with Crippen LogP contribution >= 0.6 is 11.3 Å². The molecular formula is C24H19FN2O4S. The van der Waals surface area contributed by atoms with Crippen molar-refractivity contribution < 1.29 is 23.5 Å². The van der Waals surface area contributed by atoms with Crippen LogP contribution in [-0.2, 0) is 16.1 Å². The number of carbonyl (C=O) groups is 2. The van der Waals surface area contributed by atoms with Crippen LogP contribution in [0.2, 0.25) is 0 Å². The van der Waals surface area contributed by atoms with Crippen LogP contribution in [0.15, 0.2) is 77.8 Å². The lowest BCUT2D eigenvalue weighted by Crippen LogP contribution is -2.23. The molecule has 0 aliphatic heterocycles. The van der Waals surface area contributed by atoms with E-state index in [0.29, 0.717) is 27.3 Å². The maximum atomic E-state index is 13.7. The number of hydrogen-bond acceptors (Lipinski definition) is 5. The molecule has 32 heavy (non-hydrogen) atoms. The van der Waals surface area contributed by atoms with Crippen LogP contribution < -0.4 is 9.54 Å². The number of aromatic nitrogens is 1. The number of rotatable bonds is 6. The minimum Gasteiger partial charge on any atom is -0.465 e. The number of halogens is 1. The Bertz CT molecular complexity index is 1350. The Hall–Kier alpha value is -3.78. The molecule has 0 unspecified atom stereocenters. The van der Waals surface area contributed by atoms with E-state index in [1.165, 1.54) is 12.1 Å². The maximum Gasteiger partial charge on any atom is 0.326 e. The predicted octanol–water partition coefficient (Wildman–Crippen LogP) is 4.94. The quantitative estimate of drug-likeness (QED) is 0.390. The molecule has 0 aliphatic carbocycles. The fourth-order valence-corrected chi connectivity index (χ4v) is 4.14. The maximum absolute atomic E-state index is 13.7. The van der Waals surface area contributed by atoms with Gasteiger partial charge in [0.1, 0.15) is 23.9 Å². The van der Waals surface area contributed by atoms with Gasteiger partial charge in [-0.05, 0) is 55.5 Å². The largest absolute Gasteiger partial charge is 0.465 e. The third kappa shape index (κ3) is 4.92. The molecule has 0 fully saturated rings. The van der Waals surface area contributed by atoms with Gasteiger partial charge >= 0.3 is 5.97 Å². The molecule has 4 aromatic rings. The van der Waals surface area contributed by atoms with E-state index in [0.717, 1.165) is 11.3 Å². The van der Waals surface area contributed by atoms with Crippen molar-refractivity contribution in [2.45, 2.75) is 13.5 Å². The van der Waals surface area contributed by atoms with E-state index in [1.807, 2.05) is 30.3 Å². The predicted molar refractivity (Wildman–Crippen MR) is 119 cm³/mol. The van der Waals surface area contributed by atoms with Gasteiger partial charge in [0.15, 0.2) is 4.80 Å². The van der Waals surface area contributed by atoms with Crippen molar-refractivity contribution in [3.8, 4) is 11.5 Å². The van der Waals surface area contributed by atoms with Crippen molar-refractivity contribution in [1.82, 2.24) is 4.57 Å². The zero-order chi connectivity index (χ0) is 22.5. The third-order valence-electron chi connectivity index (χ3n) is 4.49. The Morgan fingerprint density at radius 3 is 2.56 bits per heavy atom. The average Bonchev–Trinajstić information content (AvgIpc) is 3.10. The lowest BCUT2D eigenvalue weighted by atomic mass is 10.2. The number of thiazole rings is 1. The standard InChI is InChI=1S/C24H19FN2O4S/c1-2-30-22(28)15-27-20-12-11-17(25)14-21(20)32-24(27)26-23(29)16-7-6-10-19(13-16)31-18-8-4-3-5-9-18/h3-14H,2,15H2,1H3. The number of fused-ring (bicyclic) bond motifs is 1. The molecule has 1 amide bonds. The molecule has 0 bridgehead atoms. The number of nitrogens with zero attached hydrogens (tertiary/aromatic N) is 2. The highest BCUT2D eigenvalue weighted by Gasteiger charge is 2.14. The summed E-state index contributed by atoms with van der Waals surface area (Å²) in [4.78, 5) is 29.5. The van der Waals surface area contributed by atoms with Gasteiger partial charge in [-0.25, -0.2) is 4.39 Å². The normalized spacial score (nSPS) is 11.5. The van der Waals surface area contributed by atoms with Crippen LogP contribution in [0.3, 0.4) is 0 Å². The number of hydrogen-bond donors (Lipinski definition) is 0. The molecule has 4 rings (SSSR count). The van der Waals surface area contributed by atoms with E-state index in [2.05, 4.69) is 4.99 Å². The molecule has 0 aliphatic rings. The second-order valence-electron chi connectivity index (χ2n) is 6.75. The summed E-state index contributed by atoms with van der Waals surface area (Å²) in [5, 5.41) is 0. The Balaban J connectivity index is 1.70. The molecule has 8 heteroatoms. The molecule has 0 saturated heterocycles. The second-order valence-corrected chi connectivity index (χ2v) is 7.76. The van der Waals surface area contributed by atoms with Crippen molar-refractivity contribution in [3.63, 3.8) is 0 Å². The minimum absolute atomic E-state index is 0.136. The third-order valence-corrected chi connectivity index (χ3v) is 5.54. The van der Waals surface area contributed by atoms with Crippen LogP contribution in [-0.4, -0.2) is 23.1 Å². The first-order valence-corrected chi connectivity index (χ1v) is 10.7. The van der Waals surface area contributed by atoms with Crippen LogP contribution in [0, 0.1) is 5.82 Å². The topological polar surface area (TPSA) is 69.9 Å². The zero-order valence-corrected chi connectivity index (χ0v) is 18.0. The van der Waals surface area contributed by atoms with E-state index in [1.54, 1.807) is 41.8 Å². The summed E-state index contributed by atoms with van der Waals surface area (Å²) in [5.41, 5.74) is 0.918. The van der Waals surface area contributed by atoms with Crippen molar-refractivity contribution in [2.24, 2.45) is 4.99 Å². The van der Waals surface area contributed by atoms with Gasteiger partial charge in [-0.3, -0.25) is 9.59 Å². The van der Waals surface area contributed by atoms with Crippen LogP contribution in [0.1, 0.15) is 17.3 Å². The second kappa shape index (κ2) is 9.57. The highest BCUT2D eigenvalue weighted by Crippen LogP contribution is 2.23. The SMILES string of the molecule is CCOC(=O)Cn1c(=NC(=O)c2cccc(Oc3ccccc3)c2)sc2cc(F)ccc21. The van der Waals surface area contributed by atoms with Crippen LogP contribution in [0.25, 0.3) is 10.2 Å². The van der Waals surface area contributed by atoms with Gasteiger partial charge in [0.05, 0.1) is 16.8 Å². The molecule has 3 aromatic carbocycles. The van der Waals surface area contributed by atoms with Gasteiger partial charge in [-0.2, -0.15) is 4.99 Å². The molecule has 0 spiro atoms. The fourth-order valence-electron chi connectivity index (χ4n) is 3.09. The molecule has 0 atom stereocenters. The Labute approximate surface area is 187 Å². The van der Waals surface area contributed by atoms with Crippen molar-refractivity contribution in [1.29, 1.82) is 0 Å². The molecule has 1 heterocycles. The van der Waals surface area contributed by atoms with Crippen LogP contribution in [0.5, 0.6) is 11.5 Å². The summed E-state index contributed by atoms with van der Waals surface area (Å²) in [6.45, 7) is 1.81. The summed E-state index contributed by atoms with van der Waals surface area (Å²) in [6.07, 6.45) is 0. The van der Waals surface area contributed by atoms with E-state index in [4.69, 9.17) is 9.47 Å². The molecule has 0 saturated carbocycles. The molecule has 6 nitrogen and oxygen atoms in total. The van der Waals surface area contributed by atoms with Crippen molar-refractivity contribution in [3.05, 3.63) is 89.0 Å². The lowest BCUT2D eigenvalue weighted by Gasteiger charge is -2.06. The van der Waals surface area contributed by atoms with Gasteiger partial charge < -0.3 is 14.0 Å². The molecular weight excluding hydrogens is 431 g/mol. The van der Waals surface area contributed by atoms with Gasteiger partial charge in [0, 0.05) is 5.56 Å². The van der Waals surface area contributed by atoms with Gasteiger partial charge in [-0.15, -0.1) is 0 Å². The lowest BCUT2D eigenvalue weighted by molar-refractivity contribution is -0.143. The van der Waals surface area contributed by atoms with Gasteiger partial charge in [-0.1, -0.05) is 35.6 Å². The average molecular weight is 450 g/mol. The van der Waals surface area contributed by atoms with E-state index >= 15 is 0 Å². The summed E-state index contributed by atoms with van der Waals surface area (Å²) in [5.74, 6) is -0.245. The highest BCUT2D eigenvalue weighted by molar-refractivity contribution is 7.16. The number of benzene rings is 3. The number of esters is 1. The number of carbonyl (C=O) groups excluding carboxylic acids is 2. The zero-order valence-electron chi connectivity index (χ0n) is 17.2. The van der Waals surface area contributed by atoms with E-state index < -0.39 is 17.7 Å². The van der Waals surface area contributed by atoms with E-state index in [9.17, 15) is 14.0 Å². The fraction of sp³-hybridized carbons (Fsp3) is 0.125. The first-order chi connectivity index (χ1) is 15.5. The van der Waals surface area contributed by atoms with E-state index in [-0.39, 0.29) is 18.0 Å². The van der Waals surface area contributed by atoms with Gasteiger partial charge in [0.2, 0.25) is 0 Å². The van der Waals surface area contributed by atoms with Crippen molar-refractivity contribution >= 4 is 33.4 Å². The number of ether oxygens (including phenoxy) is 2. The number of para-hydroxylation sites is 1. The molecule has 0 N–H and O–H groups in total. The first-order valence-electron chi connectivity index (χ1n) is 9.90. The summed E-state index contributed by atoms with van der Waals surface area (Å²) in [6, 6.07) is 20.1. The first kappa shape index (κ1) is 21.5. The smallest absolute Gasteiger partial charge is 0.326 e. The van der Waals surface area contributed by atoms with Gasteiger partial charge in [0.25, 0.3) is 5.91 Å². The Kier molecular flexibility index (Phi) is 6.42. The Morgan fingerprint density at radius 2 is 1.78 bits per heavy atom.